The van der Waals surface area contributed by atoms with E-state index in [0.29, 0.717) is 11.5 Å². The van der Waals surface area contributed by atoms with Gasteiger partial charge in [0.05, 0.1) is 30.2 Å². The summed E-state index contributed by atoms with van der Waals surface area (Å²) >= 11 is 0. The number of nitriles is 2. The molecule has 5 rings (SSSR count). The highest BCUT2D eigenvalue weighted by atomic mass is 16.5. The molecule has 3 aliphatic rings. The normalized spacial score (nSPS) is 24.0. The lowest BCUT2D eigenvalue weighted by Gasteiger charge is -2.48. The monoisotopic (exact) mass is 511 g/mol. The number of nitrogens with one attached hydrogen (secondary N) is 1. The van der Waals surface area contributed by atoms with E-state index in [1.165, 1.54) is 12.8 Å². The lowest BCUT2D eigenvalue weighted by Crippen LogP contribution is -2.55. The number of hydrogen-bond acceptors (Lipinski definition) is 6. The number of hydrogen-bond donors (Lipinski definition) is 1. The first-order chi connectivity index (χ1) is 18.6. The van der Waals surface area contributed by atoms with Crippen LogP contribution in [0.15, 0.2) is 54.6 Å². The van der Waals surface area contributed by atoms with Crippen LogP contribution in [0.3, 0.4) is 0 Å². The van der Waals surface area contributed by atoms with E-state index >= 15 is 0 Å². The third kappa shape index (κ3) is 5.08. The summed E-state index contributed by atoms with van der Waals surface area (Å²) in [4.78, 5) is 17.1. The fraction of sp³-hybridized carbons (Fsp3) is 0.516. The van der Waals surface area contributed by atoms with Gasteiger partial charge in [-0.3, -0.25) is 0 Å². The highest BCUT2D eigenvalue weighted by Gasteiger charge is 2.52. The quantitative estimate of drug-likeness (QED) is 0.580. The minimum Gasteiger partial charge on any atom is -0.453 e. The summed E-state index contributed by atoms with van der Waals surface area (Å²) in [7, 11) is 1.40. The van der Waals surface area contributed by atoms with E-state index in [1.807, 2.05) is 42.5 Å². The van der Waals surface area contributed by atoms with Gasteiger partial charge in [-0.1, -0.05) is 36.8 Å². The maximum Gasteiger partial charge on any atom is 0.407 e. The molecule has 0 bridgehead atoms. The van der Waals surface area contributed by atoms with Crippen LogP contribution in [0.25, 0.3) is 0 Å². The molecule has 3 atom stereocenters. The molecule has 3 fully saturated rings. The van der Waals surface area contributed by atoms with Crippen molar-refractivity contribution in [3.8, 4) is 12.1 Å². The summed E-state index contributed by atoms with van der Waals surface area (Å²) in [5.74, 6) is 0.950. The number of carbonyl (C=O) groups is 1. The number of alkyl carbamates (subject to hydrolysis) is 1. The van der Waals surface area contributed by atoms with Gasteiger partial charge < -0.3 is 19.9 Å². The molecule has 7 heteroatoms. The molecule has 0 radical (unpaired) electrons. The van der Waals surface area contributed by atoms with E-state index in [-0.39, 0.29) is 17.9 Å². The van der Waals surface area contributed by atoms with Gasteiger partial charge >= 0.3 is 6.09 Å². The maximum absolute atomic E-state index is 12.1. The first kappa shape index (κ1) is 26.1. The molecule has 2 saturated heterocycles. The third-order valence-corrected chi connectivity index (χ3v) is 9.09. The van der Waals surface area contributed by atoms with Gasteiger partial charge in [0.15, 0.2) is 0 Å². The average molecular weight is 512 g/mol. The zero-order chi connectivity index (χ0) is 26.5. The number of anilines is 1. The van der Waals surface area contributed by atoms with Crippen molar-refractivity contribution in [1.29, 1.82) is 10.5 Å². The Balaban J connectivity index is 1.24. The molecule has 2 aromatic rings. The minimum atomic E-state index is -0.627. The van der Waals surface area contributed by atoms with Crippen LogP contribution in [0.2, 0.25) is 0 Å². The Bertz CT molecular complexity index is 1170. The molecule has 2 aliphatic heterocycles. The van der Waals surface area contributed by atoms with Crippen LogP contribution in [0.4, 0.5) is 10.5 Å². The molecule has 1 aliphatic carbocycles. The van der Waals surface area contributed by atoms with E-state index in [1.54, 1.807) is 0 Å². The standard InChI is InChI=1S/C31H37N5O2/c1-38-30(37)34-29-9-5-8-28(29)31(22-33,25-6-3-2-4-7-25)26-14-16-35(17-15-26)19-24-20-36(21-24)27-12-10-23(18-32)11-13-27/h2-4,6-7,10-13,24,26,28-29H,5,8-9,14-17,19-21H2,1H3,(H,34,37)/t28-,29-,31+/m0/s1. The Morgan fingerprint density at radius 2 is 1.74 bits per heavy atom. The second kappa shape index (κ2) is 11.5. The number of rotatable bonds is 7. The van der Waals surface area contributed by atoms with Crippen LogP contribution in [-0.4, -0.2) is 56.9 Å². The Kier molecular flexibility index (Phi) is 7.86. The molecule has 38 heavy (non-hydrogen) atoms. The van der Waals surface area contributed by atoms with Crippen LogP contribution in [0, 0.1) is 40.4 Å². The van der Waals surface area contributed by atoms with Gasteiger partial charge in [0.25, 0.3) is 0 Å². The van der Waals surface area contributed by atoms with Crippen LogP contribution >= 0.6 is 0 Å². The summed E-state index contributed by atoms with van der Waals surface area (Å²) < 4.78 is 4.92. The predicted octanol–water partition coefficient (Wildman–Crippen LogP) is 4.69. The SMILES string of the molecule is COC(=O)N[C@H]1CCC[C@@H]1[C@](C#N)(c1ccccc1)C1CCN(CC2CN(c3ccc(C#N)cc3)C2)CC1. The molecule has 1 N–H and O–H groups in total. The largest absolute Gasteiger partial charge is 0.453 e. The topological polar surface area (TPSA) is 92.4 Å². The van der Waals surface area contributed by atoms with Gasteiger partial charge in [0.2, 0.25) is 0 Å². The summed E-state index contributed by atoms with van der Waals surface area (Å²) in [6, 6.07) is 23.1. The fourth-order valence-electron chi connectivity index (χ4n) is 7.17. The second-order valence-corrected chi connectivity index (χ2v) is 11.1. The van der Waals surface area contributed by atoms with E-state index in [0.717, 1.165) is 70.4 Å². The first-order valence-electron chi connectivity index (χ1n) is 13.9. The van der Waals surface area contributed by atoms with E-state index in [9.17, 15) is 10.1 Å². The van der Waals surface area contributed by atoms with Gasteiger partial charge in [0.1, 0.15) is 0 Å². The molecule has 0 aromatic heterocycles. The smallest absolute Gasteiger partial charge is 0.407 e. The predicted molar refractivity (Wildman–Crippen MR) is 146 cm³/mol. The number of methoxy groups -OCH3 is 1. The molecule has 1 amide bonds. The lowest BCUT2D eigenvalue weighted by molar-refractivity contribution is 0.0939. The van der Waals surface area contributed by atoms with Gasteiger partial charge in [-0.05, 0) is 74.5 Å². The number of benzene rings is 2. The highest BCUT2D eigenvalue weighted by Crippen LogP contribution is 2.50. The van der Waals surface area contributed by atoms with Crippen molar-refractivity contribution in [3.05, 3.63) is 65.7 Å². The van der Waals surface area contributed by atoms with Crippen molar-refractivity contribution in [3.63, 3.8) is 0 Å². The van der Waals surface area contributed by atoms with Gasteiger partial charge in [-0.15, -0.1) is 0 Å². The van der Waals surface area contributed by atoms with Crippen LogP contribution in [-0.2, 0) is 10.2 Å². The zero-order valence-corrected chi connectivity index (χ0v) is 22.2. The van der Waals surface area contributed by atoms with Crippen molar-refractivity contribution >= 4 is 11.8 Å². The van der Waals surface area contributed by atoms with Crippen molar-refractivity contribution in [1.82, 2.24) is 10.2 Å². The average Bonchev–Trinajstić information content (AvgIpc) is 3.41. The van der Waals surface area contributed by atoms with Crippen molar-refractivity contribution in [2.45, 2.75) is 43.6 Å². The van der Waals surface area contributed by atoms with Crippen LogP contribution in [0.1, 0.15) is 43.2 Å². The minimum absolute atomic E-state index is 0.0523. The van der Waals surface area contributed by atoms with Gasteiger partial charge in [-0.25, -0.2) is 4.79 Å². The molecule has 2 aromatic carbocycles. The number of nitrogens with zero attached hydrogens (tertiary/aromatic N) is 4. The van der Waals surface area contributed by atoms with E-state index in [4.69, 9.17) is 10.00 Å². The summed E-state index contributed by atoms with van der Waals surface area (Å²) in [5, 5.41) is 22.9. The van der Waals surface area contributed by atoms with Gasteiger partial charge in [-0.2, -0.15) is 10.5 Å². The second-order valence-electron chi connectivity index (χ2n) is 11.1. The van der Waals surface area contributed by atoms with Crippen LogP contribution < -0.4 is 10.2 Å². The molecule has 7 nitrogen and oxygen atoms in total. The Morgan fingerprint density at radius 1 is 1.03 bits per heavy atom. The third-order valence-electron chi connectivity index (χ3n) is 9.09. The molecule has 2 heterocycles. The number of amides is 1. The molecule has 1 saturated carbocycles. The van der Waals surface area contributed by atoms with Crippen molar-refractivity contribution in [2.75, 3.05) is 44.7 Å². The molecule has 198 valence electrons. The molecular weight excluding hydrogens is 474 g/mol. The van der Waals surface area contributed by atoms with E-state index in [2.05, 4.69) is 39.4 Å². The first-order valence-corrected chi connectivity index (χ1v) is 13.9. The lowest BCUT2D eigenvalue weighted by atomic mass is 9.59. The molecule has 0 spiro atoms. The highest BCUT2D eigenvalue weighted by molar-refractivity contribution is 5.67. The Labute approximate surface area is 226 Å². The number of carbonyl (C=O) groups excluding carboxylic acids is 1. The van der Waals surface area contributed by atoms with Crippen molar-refractivity contribution < 1.29 is 9.53 Å². The number of ether oxygens (including phenoxy) is 1. The number of piperidine rings is 1. The van der Waals surface area contributed by atoms with Crippen LogP contribution in [0.5, 0.6) is 0 Å². The number of likely N-dealkylation sites (tertiary alicyclic amines) is 1. The zero-order valence-electron chi connectivity index (χ0n) is 22.2. The summed E-state index contributed by atoms with van der Waals surface area (Å²) in [6.45, 7) is 5.16. The van der Waals surface area contributed by atoms with Crippen molar-refractivity contribution in [2.24, 2.45) is 17.8 Å². The summed E-state index contributed by atoms with van der Waals surface area (Å²) in [6.07, 6.45) is 4.38. The van der Waals surface area contributed by atoms with Gasteiger partial charge in [0, 0.05) is 43.2 Å². The Morgan fingerprint density at radius 3 is 2.37 bits per heavy atom. The molecule has 0 unspecified atom stereocenters. The molecular formula is C31H37N5O2. The summed E-state index contributed by atoms with van der Waals surface area (Å²) in [5.41, 5.74) is 2.34. The fourth-order valence-corrected chi connectivity index (χ4v) is 7.17. The Hall–Kier alpha value is -3.55. The maximum atomic E-state index is 12.1. The van der Waals surface area contributed by atoms with E-state index < -0.39 is 11.5 Å².